The molecule has 1 atom stereocenters. The highest BCUT2D eigenvalue weighted by atomic mass is 32.2. The van der Waals surface area contributed by atoms with Crippen LogP contribution in [0, 0.1) is 0 Å². The van der Waals surface area contributed by atoms with Gasteiger partial charge in [-0.2, -0.15) is 0 Å². The number of thioether (sulfide) groups is 1. The van der Waals surface area contributed by atoms with Crippen molar-refractivity contribution in [1.82, 2.24) is 0 Å². The maximum Gasteiger partial charge on any atom is 0.341 e. The van der Waals surface area contributed by atoms with Gasteiger partial charge in [-0.15, -0.1) is 23.1 Å². The normalized spacial score (nSPS) is 13.6. The third-order valence-corrected chi connectivity index (χ3v) is 7.36. The first kappa shape index (κ1) is 19.7. The molecule has 148 valence electrons. The number of aryl methyl sites for hydroxylation is 1. The molecule has 0 radical (unpaired) electrons. The molecular weight excluding hydrogens is 402 g/mol. The monoisotopic (exact) mass is 423 g/mol. The number of benzene rings is 2. The van der Waals surface area contributed by atoms with Crippen molar-refractivity contribution < 1.29 is 14.3 Å². The molecule has 3 aromatic rings. The summed E-state index contributed by atoms with van der Waals surface area (Å²) in [5.41, 5.74) is 2.47. The Morgan fingerprint density at radius 1 is 1.03 bits per heavy atom. The molecule has 0 aliphatic heterocycles. The maximum absolute atomic E-state index is 13.3. The molecular formula is C23H21NO3S2. The lowest BCUT2D eigenvalue weighted by Gasteiger charge is -2.17. The van der Waals surface area contributed by atoms with E-state index in [1.54, 1.807) is 0 Å². The molecule has 4 rings (SSSR count). The lowest BCUT2D eigenvalue weighted by atomic mass is 10.1. The zero-order valence-electron chi connectivity index (χ0n) is 16.0. The zero-order valence-corrected chi connectivity index (χ0v) is 17.6. The third kappa shape index (κ3) is 4.23. The fraction of sp³-hybridized carbons (Fsp3) is 0.217. The second-order valence-corrected chi connectivity index (χ2v) is 9.05. The number of esters is 1. The van der Waals surface area contributed by atoms with Crippen molar-refractivity contribution in [3.63, 3.8) is 0 Å². The number of amides is 1. The third-order valence-electron chi connectivity index (χ3n) is 4.89. The van der Waals surface area contributed by atoms with Crippen molar-refractivity contribution in [1.29, 1.82) is 0 Å². The Morgan fingerprint density at radius 3 is 2.41 bits per heavy atom. The van der Waals surface area contributed by atoms with Gasteiger partial charge in [0.25, 0.3) is 0 Å². The van der Waals surface area contributed by atoms with Gasteiger partial charge in [-0.3, -0.25) is 4.79 Å². The van der Waals surface area contributed by atoms with E-state index in [9.17, 15) is 9.59 Å². The van der Waals surface area contributed by atoms with E-state index in [4.69, 9.17) is 4.74 Å². The van der Waals surface area contributed by atoms with Gasteiger partial charge in [0, 0.05) is 9.77 Å². The van der Waals surface area contributed by atoms with Crippen molar-refractivity contribution in [2.45, 2.75) is 29.4 Å². The highest BCUT2D eigenvalue weighted by molar-refractivity contribution is 8.00. The van der Waals surface area contributed by atoms with Crippen LogP contribution in [0.3, 0.4) is 0 Å². The molecule has 0 unspecified atom stereocenters. The lowest BCUT2D eigenvalue weighted by molar-refractivity contribution is -0.115. The summed E-state index contributed by atoms with van der Waals surface area (Å²) in [5.74, 6) is -0.526. The number of rotatable bonds is 6. The minimum Gasteiger partial charge on any atom is -0.465 e. The number of hydrogen-bond donors (Lipinski definition) is 1. The van der Waals surface area contributed by atoms with Crippen molar-refractivity contribution in [3.8, 4) is 0 Å². The molecule has 2 aromatic carbocycles. The number of carbonyl (C=O) groups is 2. The highest BCUT2D eigenvalue weighted by Crippen LogP contribution is 2.41. The van der Waals surface area contributed by atoms with E-state index in [-0.39, 0.29) is 11.9 Å². The largest absolute Gasteiger partial charge is 0.465 e. The molecule has 0 bridgehead atoms. The fourth-order valence-corrected chi connectivity index (χ4v) is 5.85. The van der Waals surface area contributed by atoms with Crippen LogP contribution < -0.4 is 5.32 Å². The van der Waals surface area contributed by atoms with Gasteiger partial charge < -0.3 is 10.1 Å². The number of carbonyl (C=O) groups excluding carboxylic acids is 2. The summed E-state index contributed by atoms with van der Waals surface area (Å²) in [6.45, 7) is 0. The van der Waals surface area contributed by atoms with Crippen LogP contribution in [0.4, 0.5) is 5.00 Å². The summed E-state index contributed by atoms with van der Waals surface area (Å²) in [5, 5.41) is 3.20. The van der Waals surface area contributed by atoms with E-state index < -0.39 is 5.25 Å². The first-order chi connectivity index (χ1) is 14.2. The topological polar surface area (TPSA) is 55.4 Å². The average molecular weight is 424 g/mol. The Bertz CT molecular complexity index is 1020. The Balaban J connectivity index is 1.65. The number of methoxy groups -OCH3 is 1. The number of nitrogens with one attached hydrogen (secondary N) is 1. The average Bonchev–Trinajstić information content (AvgIpc) is 3.33. The molecule has 0 spiro atoms. The fourth-order valence-electron chi connectivity index (χ4n) is 3.52. The molecule has 6 heteroatoms. The Kier molecular flexibility index (Phi) is 6.02. The van der Waals surface area contributed by atoms with Gasteiger partial charge in [0.05, 0.1) is 12.7 Å². The molecule has 1 aliphatic carbocycles. The van der Waals surface area contributed by atoms with Crippen LogP contribution in [0.1, 0.15) is 38.0 Å². The zero-order chi connectivity index (χ0) is 20.2. The first-order valence-electron chi connectivity index (χ1n) is 9.47. The lowest BCUT2D eigenvalue weighted by Crippen LogP contribution is -2.20. The second-order valence-electron chi connectivity index (χ2n) is 6.76. The van der Waals surface area contributed by atoms with Gasteiger partial charge in [-0.1, -0.05) is 48.5 Å². The van der Waals surface area contributed by atoms with E-state index in [0.29, 0.717) is 10.6 Å². The van der Waals surface area contributed by atoms with Gasteiger partial charge >= 0.3 is 5.97 Å². The first-order valence-corrected chi connectivity index (χ1v) is 11.2. The molecule has 1 amide bonds. The molecule has 4 nitrogen and oxygen atoms in total. The quantitative estimate of drug-likeness (QED) is 0.420. The predicted octanol–water partition coefficient (Wildman–Crippen LogP) is 5.50. The molecule has 1 N–H and O–H groups in total. The minimum absolute atomic E-state index is 0.143. The SMILES string of the molecule is COC(=O)c1c(NC(=O)[C@@H](Sc2ccccc2)c2ccccc2)sc2c1CCC2. The van der Waals surface area contributed by atoms with Crippen LogP contribution >= 0.6 is 23.1 Å². The summed E-state index contributed by atoms with van der Waals surface area (Å²) in [7, 11) is 1.38. The van der Waals surface area contributed by atoms with Crippen molar-refractivity contribution in [3.05, 3.63) is 82.2 Å². The number of fused-ring (bicyclic) bond motifs is 1. The van der Waals surface area contributed by atoms with Gasteiger partial charge in [-0.25, -0.2) is 4.79 Å². The van der Waals surface area contributed by atoms with Gasteiger partial charge in [0.1, 0.15) is 10.3 Å². The molecule has 0 fully saturated rings. The Labute approximate surface area is 178 Å². The van der Waals surface area contributed by atoms with Crippen LogP contribution in [0.25, 0.3) is 0 Å². The van der Waals surface area contributed by atoms with Crippen LogP contribution in [0.2, 0.25) is 0 Å². The van der Waals surface area contributed by atoms with Gasteiger partial charge in [0.2, 0.25) is 5.91 Å². The smallest absolute Gasteiger partial charge is 0.341 e. The standard InChI is InChI=1S/C23H21NO3S2/c1-27-23(26)19-17-13-8-14-18(17)29-22(19)24-21(25)20(15-9-4-2-5-10-15)28-16-11-6-3-7-12-16/h2-7,9-12,20H,8,13-14H2,1H3,(H,24,25)/t20-/m0/s1. The van der Waals surface area contributed by atoms with E-state index in [0.717, 1.165) is 35.3 Å². The maximum atomic E-state index is 13.3. The van der Waals surface area contributed by atoms with Crippen molar-refractivity contribution >= 4 is 40.0 Å². The van der Waals surface area contributed by atoms with Crippen molar-refractivity contribution in [2.75, 3.05) is 12.4 Å². The number of anilines is 1. The number of thiophene rings is 1. The van der Waals surface area contributed by atoms with Crippen LogP contribution in [-0.4, -0.2) is 19.0 Å². The molecule has 0 saturated carbocycles. The predicted molar refractivity (Wildman–Crippen MR) is 118 cm³/mol. The summed E-state index contributed by atoms with van der Waals surface area (Å²) < 4.78 is 4.99. The van der Waals surface area contributed by atoms with E-state index in [1.165, 1.54) is 35.1 Å². The second kappa shape index (κ2) is 8.84. The highest BCUT2D eigenvalue weighted by Gasteiger charge is 2.30. The summed E-state index contributed by atoms with van der Waals surface area (Å²) in [4.78, 5) is 27.9. The molecule has 1 aromatic heterocycles. The molecule has 1 aliphatic rings. The van der Waals surface area contributed by atoms with Gasteiger partial charge in [-0.05, 0) is 42.5 Å². The molecule has 1 heterocycles. The van der Waals surface area contributed by atoms with Crippen molar-refractivity contribution in [2.24, 2.45) is 0 Å². The van der Waals surface area contributed by atoms with Crippen LogP contribution in [0.15, 0.2) is 65.6 Å². The minimum atomic E-state index is -0.430. The summed E-state index contributed by atoms with van der Waals surface area (Å²) in [6, 6.07) is 19.6. The van der Waals surface area contributed by atoms with Gasteiger partial charge in [0.15, 0.2) is 0 Å². The number of hydrogen-bond acceptors (Lipinski definition) is 5. The molecule has 0 saturated heterocycles. The summed E-state index contributed by atoms with van der Waals surface area (Å²) >= 11 is 2.99. The number of ether oxygens (including phenoxy) is 1. The van der Waals surface area contributed by atoms with E-state index in [1.807, 2.05) is 60.7 Å². The van der Waals surface area contributed by atoms with Crippen LogP contribution in [-0.2, 0) is 22.4 Å². The van der Waals surface area contributed by atoms with Crippen LogP contribution in [0.5, 0.6) is 0 Å². The van der Waals surface area contributed by atoms with E-state index in [2.05, 4.69) is 5.32 Å². The Morgan fingerprint density at radius 2 is 1.72 bits per heavy atom. The summed E-state index contributed by atoms with van der Waals surface area (Å²) in [6.07, 6.45) is 2.84. The Hall–Kier alpha value is -2.57. The molecule has 29 heavy (non-hydrogen) atoms. The van der Waals surface area contributed by atoms with E-state index >= 15 is 0 Å².